The number of fused-ring (bicyclic) bond motifs is 1. The van der Waals surface area contributed by atoms with Gasteiger partial charge in [-0.2, -0.15) is 15.4 Å². The molecular formula is C23H21ClN6O2S. The van der Waals surface area contributed by atoms with Crippen LogP contribution in [-0.4, -0.2) is 50.2 Å². The van der Waals surface area contributed by atoms with Crippen molar-refractivity contribution in [3.05, 3.63) is 69.1 Å². The van der Waals surface area contributed by atoms with E-state index in [1.54, 1.807) is 29.6 Å². The van der Waals surface area contributed by atoms with Crippen molar-refractivity contribution in [2.75, 3.05) is 18.4 Å². The summed E-state index contributed by atoms with van der Waals surface area (Å²) in [5, 5.41) is 16.8. The summed E-state index contributed by atoms with van der Waals surface area (Å²) in [5.74, 6) is 0.0740. The molecule has 0 unspecified atom stereocenters. The van der Waals surface area contributed by atoms with Crippen LogP contribution in [-0.2, 0) is 11.2 Å². The van der Waals surface area contributed by atoms with Gasteiger partial charge in [-0.15, -0.1) is 11.3 Å². The van der Waals surface area contributed by atoms with Gasteiger partial charge in [0.15, 0.2) is 0 Å². The van der Waals surface area contributed by atoms with E-state index in [0.29, 0.717) is 41.4 Å². The van der Waals surface area contributed by atoms with Crippen LogP contribution in [0.3, 0.4) is 0 Å². The van der Waals surface area contributed by atoms with E-state index in [0.717, 1.165) is 28.9 Å². The van der Waals surface area contributed by atoms with Crippen LogP contribution >= 0.6 is 22.9 Å². The summed E-state index contributed by atoms with van der Waals surface area (Å²) in [7, 11) is 0. The summed E-state index contributed by atoms with van der Waals surface area (Å²) < 4.78 is 0. The number of thiazole rings is 1. The summed E-state index contributed by atoms with van der Waals surface area (Å²) in [6.45, 7) is 1.35. The number of likely N-dealkylation sites (tertiary alicyclic amines) is 1. The minimum atomic E-state index is -0.257. The number of carbonyl (C=O) groups is 2. The lowest BCUT2D eigenvalue weighted by molar-refractivity contribution is -0.131. The van der Waals surface area contributed by atoms with Gasteiger partial charge in [-0.3, -0.25) is 9.59 Å². The van der Waals surface area contributed by atoms with Crippen LogP contribution in [0.1, 0.15) is 39.8 Å². The third-order valence-electron chi connectivity index (χ3n) is 5.83. The van der Waals surface area contributed by atoms with Gasteiger partial charge < -0.3 is 10.2 Å². The van der Waals surface area contributed by atoms with Crippen molar-refractivity contribution in [3.63, 3.8) is 0 Å². The molecule has 10 heteroatoms. The third-order valence-corrected chi connectivity index (χ3v) is 7.20. The van der Waals surface area contributed by atoms with Crippen LogP contribution in [0.15, 0.2) is 47.8 Å². The number of nitrogens with one attached hydrogen (secondary N) is 2. The van der Waals surface area contributed by atoms with E-state index in [2.05, 4.69) is 25.7 Å². The minimum Gasteiger partial charge on any atom is -0.342 e. The zero-order valence-electron chi connectivity index (χ0n) is 17.6. The predicted molar refractivity (Wildman–Crippen MR) is 128 cm³/mol. The highest BCUT2D eigenvalue weighted by molar-refractivity contribution is 7.10. The van der Waals surface area contributed by atoms with E-state index < -0.39 is 0 Å². The van der Waals surface area contributed by atoms with E-state index in [1.807, 2.05) is 23.1 Å². The lowest BCUT2D eigenvalue weighted by Gasteiger charge is -2.31. The molecule has 8 nitrogen and oxygen atoms in total. The minimum absolute atomic E-state index is 0.0878. The molecule has 2 amide bonds. The molecule has 0 saturated carbocycles. The number of aromatic amines is 1. The maximum Gasteiger partial charge on any atom is 0.275 e. The van der Waals surface area contributed by atoms with Gasteiger partial charge in [0.05, 0.1) is 11.4 Å². The molecule has 0 aliphatic carbocycles. The van der Waals surface area contributed by atoms with E-state index in [1.165, 1.54) is 11.3 Å². The first kappa shape index (κ1) is 21.5. The monoisotopic (exact) mass is 480 g/mol. The third kappa shape index (κ3) is 4.74. The normalized spacial score (nSPS) is 14.5. The molecule has 1 aliphatic heterocycles. The Kier molecular flexibility index (Phi) is 6.06. The SMILES string of the molecule is O=C(Nc1ccc2n[nH]nc2c1)c1csc(C2CCN(C(=O)Cc3ccccc3Cl)CC2)n1. The summed E-state index contributed by atoms with van der Waals surface area (Å²) in [6.07, 6.45) is 1.96. The molecule has 0 radical (unpaired) electrons. The number of aromatic nitrogens is 4. The molecule has 1 saturated heterocycles. The van der Waals surface area contributed by atoms with Gasteiger partial charge in [0, 0.05) is 35.1 Å². The Hall–Kier alpha value is -3.30. The summed E-state index contributed by atoms with van der Waals surface area (Å²) >= 11 is 7.69. The molecule has 2 N–H and O–H groups in total. The van der Waals surface area contributed by atoms with Gasteiger partial charge in [0.2, 0.25) is 5.91 Å². The first-order valence-electron chi connectivity index (χ1n) is 10.7. The Morgan fingerprint density at radius 2 is 1.91 bits per heavy atom. The molecule has 3 heterocycles. The van der Waals surface area contributed by atoms with Crippen molar-refractivity contribution < 1.29 is 9.59 Å². The lowest BCUT2D eigenvalue weighted by atomic mass is 9.97. The van der Waals surface area contributed by atoms with Crippen molar-refractivity contribution in [3.8, 4) is 0 Å². The van der Waals surface area contributed by atoms with E-state index >= 15 is 0 Å². The van der Waals surface area contributed by atoms with Crippen molar-refractivity contribution in [1.82, 2.24) is 25.3 Å². The van der Waals surface area contributed by atoms with E-state index in [4.69, 9.17) is 11.6 Å². The predicted octanol–water partition coefficient (Wildman–Crippen LogP) is 4.27. The molecule has 168 valence electrons. The van der Waals surface area contributed by atoms with Gasteiger partial charge in [0.1, 0.15) is 16.7 Å². The van der Waals surface area contributed by atoms with Crippen molar-refractivity contribution in [2.24, 2.45) is 0 Å². The first-order valence-corrected chi connectivity index (χ1v) is 11.9. The van der Waals surface area contributed by atoms with Crippen LogP contribution < -0.4 is 5.32 Å². The average Bonchev–Trinajstić information content (AvgIpc) is 3.50. The van der Waals surface area contributed by atoms with Crippen LogP contribution in [0.2, 0.25) is 5.02 Å². The van der Waals surface area contributed by atoms with Crippen LogP contribution in [0.25, 0.3) is 11.0 Å². The standard InChI is InChI=1S/C23H21ClN6O2S/c24-17-4-2-1-3-15(17)11-21(31)30-9-7-14(8-10-30)23-26-20(13-33-23)22(32)25-16-5-6-18-19(12-16)28-29-27-18/h1-6,12-14H,7-11H2,(H,25,32)(H,27,28,29). The van der Waals surface area contributed by atoms with Crippen LogP contribution in [0, 0.1) is 0 Å². The van der Waals surface area contributed by atoms with Gasteiger partial charge in [-0.05, 0) is 42.7 Å². The number of rotatable bonds is 5. The highest BCUT2D eigenvalue weighted by Gasteiger charge is 2.26. The number of benzene rings is 2. The van der Waals surface area contributed by atoms with Crippen molar-refractivity contribution >= 4 is 51.5 Å². The van der Waals surface area contributed by atoms with Gasteiger partial charge in [0.25, 0.3) is 5.91 Å². The van der Waals surface area contributed by atoms with E-state index in [-0.39, 0.29) is 17.7 Å². The first-order chi connectivity index (χ1) is 16.1. The molecule has 0 bridgehead atoms. The Balaban J connectivity index is 1.17. The molecular weight excluding hydrogens is 460 g/mol. The molecule has 33 heavy (non-hydrogen) atoms. The number of piperidine rings is 1. The summed E-state index contributed by atoms with van der Waals surface area (Å²) in [4.78, 5) is 31.8. The molecule has 2 aromatic carbocycles. The summed E-state index contributed by atoms with van der Waals surface area (Å²) in [6, 6.07) is 12.8. The molecule has 0 spiro atoms. The molecule has 0 atom stereocenters. The second kappa shape index (κ2) is 9.29. The van der Waals surface area contributed by atoms with Gasteiger partial charge in [-0.25, -0.2) is 4.98 Å². The van der Waals surface area contributed by atoms with Crippen molar-refractivity contribution in [2.45, 2.75) is 25.2 Å². The van der Waals surface area contributed by atoms with Gasteiger partial charge >= 0.3 is 0 Å². The fourth-order valence-corrected chi connectivity index (χ4v) is 5.16. The largest absolute Gasteiger partial charge is 0.342 e. The number of halogens is 1. The average molecular weight is 481 g/mol. The number of anilines is 1. The maximum atomic E-state index is 12.7. The fraction of sp³-hybridized carbons (Fsp3) is 0.261. The molecule has 2 aromatic heterocycles. The van der Waals surface area contributed by atoms with E-state index in [9.17, 15) is 9.59 Å². The number of nitrogens with zero attached hydrogens (tertiary/aromatic N) is 4. The topological polar surface area (TPSA) is 104 Å². The second-order valence-corrected chi connectivity index (χ2v) is 9.27. The quantitative estimate of drug-likeness (QED) is 0.444. The number of H-pyrrole nitrogens is 1. The smallest absolute Gasteiger partial charge is 0.275 e. The Morgan fingerprint density at radius 1 is 1.12 bits per heavy atom. The molecule has 5 rings (SSSR count). The number of hydrogen-bond acceptors (Lipinski definition) is 6. The number of carbonyl (C=O) groups excluding carboxylic acids is 2. The Labute approximate surface area is 199 Å². The molecule has 1 fully saturated rings. The molecule has 4 aromatic rings. The van der Waals surface area contributed by atoms with Gasteiger partial charge in [-0.1, -0.05) is 29.8 Å². The fourth-order valence-electron chi connectivity index (χ4n) is 3.98. The van der Waals surface area contributed by atoms with Crippen LogP contribution in [0.5, 0.6) is 0 Å². The Morgan fingerprint density at radius 3 is 2.73 bits per heavy atom. The van der Waals surface area contributed by atoms with Crippen molar-refractivity contribution in [1.29, 1.82) is 0 Å². The summed E-state index contributed by atoms with van der Waals surface area (Å²) in [5.41, 5.74) is 3.31. The maximum absolute atomic E-state index is 12.7. The zero-order valence-corrected chi connectivity index (χ0v) is 19.2. The number of hydrogen-bond donors (Lipinski definition) is 2. The number of amides is 2. The molecule has 1 aliphatic rings. The second-order valence-electron chi connectivity index (χ2n) is 7.98. The lowest BCUT2D eigenvalue weighted by Crippen LogP contribution is -2.38. The zero-order chi connectivity index (χ0) is 22.8. The highest BCUT2D eigenvalue weighted by Crippen LogP contribution is 2.31. The Bertz CT molecular complexity index is 1310. The highest BCUT2D eigenvalue weighted by atomic mass is 35.5. The van der Waals surface area contributed by atoms with Crippen LogP contribution in [0.4, 0.5) is 5.69 Å².